The molecule has 0 spiro atoms. The third kappa shape index (κ3) is 4.35. The number of hydrogen-bond donors (Lipinski definition) is 1. The molecule has 1 N–H and O–H groups in total. The second kappa shape index (κ2) is 7.29. The monoisotopic (exact) mass is 260 g/mol. The molecule has 1 aliphatic heterocycles. The lowest BCUT2D eigenvalue weighted by Crippen LogP contribution is -2.41. The highest BCUT2D eigenvalue weighted by atomic mass is 16.2. The van der Waals surface area contributed by atoms with Crippen LogP contribution >= 0.6 is 0 Å². The average molecular weight is 260 g/mol. The Bertz CT molecular complexity index is 385. The fourth-order valence-corrected chi connectivity index (χ4v) is 2.57. The standard InChI is InChI=1S/C16H24N2O/c1-2-15(12-14-8-4-3-5-9-14)17-13-16(19)18-10-6-7-11-18/h3-5,8-9,15,17H,2,6-7,10-13H2,1H3. The zero-order valence-electron chi connectivity index (χ0n) is 11.8. The fraction of sp³-hybridized carbons (Fsp3) is 0.562. The number of carbonyl (C=O) groups is 1. The molecule has 2 rings (SSSR count). The van der Waals surface area contributed by atoms with Crippen molar-refractivity contribution >= 4 is 5.91 Å². The minimum Gasteiger partial charge on any atom is -0.342 e. The van der Waals surface area contributed by atoms with Gasteiger partial charge in [0, 0.05) is 19.1 Å². The lowest BCUT2D eigenvalue weighted by atomic mass is 10.0. The molecule has 19 heavy (non-hydrogen) atoms. The van der Waals surface area contributed by atoms with Gasteiger partial charge in [-0.25, -0.2) is 0 Å². The normalized spacial score (nSPS) is 16.6. The minimum atomic E-state index is 0.254. The lowest BCUT2D eigenvalue weighted by molar-refractivity contribution is -0.129. The highest BCUT2D eigenvalue weighted by Gasteiger charge is 2.18. The molecule has 0 aliphatic carbocycles. The first-order chi connectivity index (χ1) is 9.29. The summed E-state index contributed by atoms with van der Waals surface area (Å²) in [6, 6.07) is 10.8. The van der Waals surface area contributed by atoms with Crippen LogP contribution in [0.4, 0.5) is 0 Å². The maximum atomic E-state index is 12.0. The fourth-order valence-electron chi connectivity index (χ4n) is 2.57. The molecule has 104 valence electrons. The second-order valence-corrected chi connectivity index (χ2v) is 5.26. The van der Waals surface area contributed by atoms with Crippen LogP contribution in [0.1, 0.15) is 31.7 Å². The van der Waals surface area contributed by atoms with Crippen molar-refractivity contribution in [2.75, 3.05) is 19.6 Å². The SMILES string of the molecule is CCC(Cc1ccccc1)NCC(=O)N1CCCC1. The molecule has 0 radical (unpaired) electrons. The Labute approximate surface area is 116 Å². The molecular formula is C16H24N2O. The Morgan fingerprint density at radius 1 is 1.26 bits per heavy atom. The van der Waals surface area contributed by atoms with Gasteiger partial charge in [-0.05, 0) is 31.2 Å². The number of nitrogens with zero attached hydrogens (tertiary/aromatic N) is 1. The van der Waals surface area contributed by atoms with E-state index in [1.165, 1.54) is 5.56 Å². The van der Waals surface area contributed by atoms with Crippen LogP contribution in [0.2, 0.25) is 0 Å². The van der Waals surface area contributed by atoms with Crippen molar-refractivity contribution < 1.29 is 4.79 Å². The Kier molecular flexibility index (Phi) is 5.40. The molecule has 1 saturated heterocycles. The third-order valence-electron chi connectivity index (χ3n) is 3.82. The maximum Gasteiger partial charge on any atom is 0.236 e. The van der Waals surface area contributed by atoms with Gasteiger partial charge in [0.2, 0.25) is 5.91 Å². The van der Waals surface area contributed by atoms with Gasteiger partial charge in [0.25, 0.3) is 0 Å². The summed E-state index contributed by atoms with van der Waals surface area (Å²) in [5, 5.41) is 3.40. The topological polar surface area (TPSA) is 32.3 Å². The van der Waals surface area contributed by atoms with Gasteiger partial charge in [-0.3, -0.25) is 4.79 Å². The number of amides is 1. The summed E-state index contributed by atoms with van der Waals surface area (Å²) < 4.78 is 0. The molecule has 1 unspecified atom stereocenters. The smallest absolute Gasteiger partial charge is 0.236 e. The molecule has 1 aromatic carbocycles. The van der Waals surface area contributed by atoms with E-state index in [2.05, 4.69) is 36.5 Å². The molecule has 3 nitrogen and oxygen atoms in total. The first kappa shape index (κ1) is 14.1. The number of rotatable bonds is 6. The van der Waals surface area contributed by atoms with Crippen LogP contribution in [0.25, 0.3) is 0 Å². The van der Waals surface area contributed by atoms with Gasteiger partial charge < -0.3 is 10.2 Å². The van der Waals surface area contributed by atoms with E-state index < -0.39 is 0 Å². The van der Waals surface area contributed by atoms with Crippen LogP contribution in [0, 0.1) is 0 Å². The van der Waals surface area contributed by atoms with Gasteiger partial charge in [-0.2, -0.15) is 0 Å². The van der Waals surface area contributed by atoms with Crippen LogP contribution in [-0.2, 0) is 11.2 Å². The van der Waals surface area contributed by atoms with Crippen molar-refractivity contribution in [1.29, 1.82) is 0 Å². The van der Waals surface area contributed by atoms with E-state index in [1.807, 2.05) is 11.0 Å². The van der Waals surface area contributed by atoms with Gasteiger partial charge in [0.15, 0.2) is 0 Å². The van der Waals surface area contributed by atoms with Gasteiger partial charge in [-0.15, -0.1) is 0 Å². The number of benzene rings is 1. The molecule has 0 saturated carbocycles. The predicted molar refractivity (Wildman–Crippen MR) is 78.0 cm³/mol. The van der Waals surface area contributed by atoms with E-state index >= 15 is 0 Å². The molecule has 1 atom stereocenters. The van der Waals surface area contributed by atoms with Crippen LogP contribution in [0.3, 0.4) is 0 Å². The lowest BCUT2D eigenvalue weighted by Gasteiger charge is -2.20. The van der Waals surface area contributed by atoms with E-state index in [-0.39, 0.29) is 5.91 Å². The predicted octanol–water partition coefficient (Wildman–Crippen LogP) is 2.22. The van der Waals surface area contributed by atoms with Crippen molar-refractivity contribution in [3.8, 4) is 0 Å². The highest BCUT2D eigenvalue weighted by molar-refractivity contribution is 5.78. The van der Waals surface area contributed by atoms with Crippen LogP contribution < -0.4 is 5.32 Å². The van der Waals surface area contributed by atoms with E-state index in [9.17, 15) is 4.79 Å². The van der Waals surface area contributed by atoms with E-state index in [0.29, 0.717) is 12.6 Å². The molecule has 0 bridgehead atoms. The first-order valence-corrected chi connectivity index (χ1v) is 7.34. The second-order valence-electron chi connectivity index (χ2n) is 5.26. The Hall–Kier alpha value is -1.35. The number of hydrogen-bond acceptors (Lipinski definition) is 2. The number of nitrogens with one attached hydrogen (secondary N) is 1. The summed E-state index contributed by atoms with van der Waals surface area (Å²) in [6.07, 6.45) is 4.35. The highest BCUT2D eigenvalue weighted by Crippen LogP contribution is 2.08. The van der Waals surface area contributed by atoms with Gasteiger partial charge in [0.05, 0.1) is 6.54 Å². The number of carbonyl (C=O) groups excluding carboxylic acids is 1. The van der Waals surface area contributed by atoms with Crippen molar-refractivity contribution in [1.82, 2.24) is 10.2 Å². The minimum absolute atomic E-state index is 0.254. The van der Waals surface area contributed by atoms with E-state index in [1.54, 1.807) is 0 Å². The van der Waals surface area contributed by atoms with Crippen LogP contribution in [0.5, 0.6) is 0 Å². The molecule has 3 heteroatoms. The molecule has 1 aliphatic rings. The molecule has 0 aromatic heterocycles. The zero-order chi connectivity index (χ0) is 13.5. The summed E-state index contributed by atoms with van der Waals surface area (Å²) in [6.45, 7) is 4.53. The molecule has 1 amide bonds. The van der Waals surface area contributed by atoms with Crippen molar-refractivity contribution in [2.45, 2.75) is 38.6 Å². The van der Waals surface area contributed by atoms with E-state index in [0.717, 1.165) is 38.8 Å². The zero-order valence-corrected chi connectivity index (χ0v) is 11.8. The van der Waals surface area contributed by atoms with Gasteiger partial charge >= 0.3 is 0 Å². The first-order valence-electron chi connectivity index (χ1n) is 7.34. The Balaban J connectivity index is 1.77. The molecule has 1 heterocycles. The van der Waals surface area contributed by atoms with Crippen LogP contribution in [0.15, 0.2) is 30.3 Å². The Morgan fingerprint density at radius 2 is 1.95 bits per heavy atom. The maximum absolute atomic E-state index is 12.0. The van der Waals surface area contributed by atoms with Gasteiger partial charge in [0.1, 0.15) is 0 Å². The number of likely N-dealkylation sites (tertiary alicyclic amines) is 1. The van der Waals surface area contributed by atoms with E-state index in [4.69, 9.17) is 0 Å². The largest absolute Gasteiger partial charge is 0.342 e. The summed E-state index contributed by atoms with van der Waals surface area (Å²) in [5.41, 5.74) is 1.33. The quantitative estimate of drug-likeness (QED) is 0.850. The van der Waals surface area contributed by atoms with Crippen molar-refractivity contribution in [3.63, 3.8) is 0 Å². The Morgan fingerprint density at radius 3 is 2.58 bits per heavy atom. The van der Waals surface area contributed by atoms with Crippen molar-refractivity contribution in [2.24, 2.45) is 0 Å². The summed E-state index contributed by atoms with van der Waals surface area (Å²) >= 11 is 0. The third-order valence-corrected chi connectivity index (χ3v) is 3.82. The van der Waals surface area contributed by atoms with Crippen molar-refractivity contribution in [3.05, 3.63) is 35.9 Å². The van der Waals surface area contributed by atoms with Gasteiger partial charge in [-0.1, -0.05) is 37.3 Å². The summed E-state index contributed by atoms with van der Waals surface area (Å²) in [5.74, 6) is 0.254. The molecule has 1 fully saturated rings. The molecular weight excluding hydrogens is 236 g/mol. The summed E-state index contributed by atoms with van der Waals surface area (Å²) in [7, 11) is 0. The summed E-state index contributed by atoms with van der Waals surface area (Å²) in [4.78, 5) is 14.0. The average Bonchev–Trinajstić information content (AvgIpc) is 2.98. The van der Waals surface area contributed by atoms with Crippen LogP contribution in [-0.4, -0.2) is 36.5 Å². The molecule has 1 aromatic rings.